The number of fused-ring (bicyclic) bond motifs is 4. The van der Waals surface area contributed by atoms with Crippen molar-refractivity contribution in [2.75, 3.05) is 25.1 Å². The Bertz CT molecular complexity index is 1650. The number of nitrogens with two attached hydrogens (primary N) is 1. The zero-order valence-electron chi connectivity index (χ0n) is 27.3. The maximum absolute atomic E-state index is 12.4. The van der Waals surface area contributed by atoms with Crippen molar-refractivity contribution < 1.29 is 24.5 Å². The van der Waals surface area contributed by atoms with E-state index in [-0.39, 0.29) is 28.4 Å². The molecule has 6 rings (SSSR count). The average Bonchev–Trinajstić information content (AvgIpc) is 3.29. The highest BCUT2D eigenvalue weighted by Crippen LogP contribution is 2.66. The molecule has 46 heavy (non-hydrogen) atoms. The summed E-state index contributed by atoms with van der Waals surface area (Å²) in [5, 5.41) is 21.9. The minimum absolute atomic E-state index is 0.104. The maximum atomic E-state index is 12.4. The number of primary amides is 1. The van der Waals surface area contributed by atoms with Gasteiger partial charge in [0.1, 0.15) is 11.4 Å². The second-order valence-electron chi connectivity index (χ2n) is 13.9. The fourth-order valence-electron chi connectivity index (χ4n) is 8.94. The van der Waals surface area contributed by atoms with Crippen LogP contribution >= 0.6 is 0 Å². The number of rotatable bonds is 9. The van der Waals surface area contributed by atoms with Crippen molar-refractivity contribution in [3.05, 3.63) is 82.0 Å². The molecule has 2 aromatic carbocycles. The van der Waals surface area contributed by atoms with Gasteiger partial charge in [0.15, 0.2) is 5.78 Å². The first-order valence-electron chi connectivity index (χ1n) is 16.7. The molecule has 2 saturated carbocycles. The van der Waals surface area contributed by atoms with E-state index in [0.29, 0.717) is 31.5 Å². The standard InChI is InChI=1S/C39H46N2O5/c1-4-17-39(45)18-16-34-31-14-9-27-22-29(42)12-15-30(27)36(31)33(23-38(34,39)2)26-7-10-28(11-8-26)41(3)19-5-20-46-24-25-6-13-32(37(40)44)35(43)21-25/h6-8,10-11,13,21-22,31,33-34,43,45H,5,9,12,14-16,18-20,23-24H2,1-3H3,(H2,40,44)/t31-,33+,34-,38-,39-/m0/s1. The number of anilines is 1. The Morgan fingerprint density at radius 3 is 2.63 bits per heavy atom. The highest BCUT2D eigenvalue weighted by molar-refractivity contribution is 5.95. The lowest BCUT2D eigenvalue weighted by atomic mass is 9.51. The second-order valence-corrected chi connectivity index (χ2v) is 13.9. The molecule has 4 aliphatic rings. The van der Waals surface area contributed by atoms with Gasteiger partial charge in [-0.05, 0) is 116 Å². The highest BCUT2D eigenvalue weighted by atomic mass is 16.5. The third kappa shape index (κ3) is 5.78. The summed E-state index contributed by atoms with van der Waals surface area (Å²) < 4.78 is 5.82. The summed E-state index contributed by atoms with van der Waals surface area (Å²) in [6.07, 6.45) is 8.71. The summed E-state index contributed by atoms with van der Waals surface area (Å²) >= 11 is 0. The maximum Gasteiger partial charge on any atom is 0.252 e. The molecule has 0 unspecified atom stereocenters. The molecular formula is C39H46N2O5. The number of hydrogen-bond acceptors (Lipinski definition) is 6. The van der Waals surface area contributed by atoms with Crippen molar-refractivity contribution in [3.63, 3.8) is 0 Å². The number of allylic oxidation sites excluding steroid dienone is 4. The molecule has 2 fully saturated rings. The molecule has 5 atom stereocenters. The van der Waals surface area contributed by atoms with E-state index in [9.17, 15) is 19.8 Å². The number of benzene rings is 2. The van der Waals surface area contributed by atoms with Gasteiger partial charge in [-0.1, -0.05) is 36.6 Å². The van der Waals surface area contributed by atoms with Crippen LogP contribution in [0, 0.1) is 29.1 Å². The van der Waals surface area contributed by atoms with Gasteiger partial charge in [-0.3, -0.25) is 9.59 Å². The van der Waals surface area contributed by atoms with Gasteiger partial charge in [0.05, 0.1) is 12.2 Å². The van der Waals surface area contributed by atoms with Crippen LogP contribution < -0.4 is 10.6 Å². The number of hydrogen-bond donors (Lipinski definition) is 3. The van der Waals surface area contributed by atoms with Crippen molar-refractivity contribution in [2.24, 2.45) is 23.0 Å². The Morgan fingerprint density at radius 2 is 1.91 bits per heavy atom. The van der Waals surface area contributed by atoms with E-state index in [1.54, 1.807) is 6.07 Å². The van der Waals surface area contributed by atoms with Crippen LogP contribution in [0.4, 0.5) is 5.69 Å². The van der Waals surface area contributed by atoms with Crippen LogP contribution in [0.15, 0.2) is 65.3 Å². The summed E-state index contributed by atoms with van der Waals surface area (Å²) in [6, 6.07) is 13.7. The number of ketones is 1. The molecule has 0 radical (unpaired) electrons. The minimum Gasteiger partial charge on any atom is -0.507 e. The first-order chi connectivity index (χ1) is 22.0. The molecule has 1 amide bonds. The number of amides is 1. The quantitative estimate of drug-likeness (QED) is 0.227. The first kappa shape index (κ1) is 32.1. The molecule has 242 valence electrons. The SMILES string of the molecule is CC#C[C@]1(O)CC[C@H]2[C@@H]3CCC4=CC(=O)CCC4=C3[C@@H](c3ccc(N(C)CCCOCc4ccc(C(N)=O)c(O)c4)cc3)C[C@@]21C. The van der Waals surface area contributed by atoms with Crippen LogP contribution in [0.3, 0.4) is 0 Å². The molecule has 4 N–H and O–H groups in total. The fourth-order valence-corrected chi connectivity index (χ4v) is 8.94. The van der Waals surface area contributed by atoms with Crippen LogP contribution in [0.5, 0.6) is 5.75 Å². The summed E-state index contributed by atoms with van der Waals surface area (Å²) in [4.78, 5) is 25.9. The van der Waals surface area contributed by atoms with Crippen LogP contribution in [-0.4, -0.2) is 47.7 Å². The van der Waals surface area contributed by atoms with Crippen molar-refractivity contribution in [1.29, 1.82) is 0 Å². The van der Waals surface area contributed by atoms with E-state index in [2.05, 4.69) is 55.0 Å². The molecule has 0 aliphatic heterocycles. The number of carbonyl (C=O) groups excluding carboxylic acids is 2. The van der Waals surface area contributed by atoms with Gasteiger partial charge in [0, 0.05) is 43.6 Å². The number of aliphatic hydroxyl groups is 1. The zero-order valence-corrected chi connectivity index (χ0v) is 27.3. The van der Waals surface area contributed by atoms with Gasteiger partial charge < -0.3 is 25.6 Å². The van der Waals surface area contributed by atoms with E-state index in [0.717, 1.165) is 62.7 Å². The summed E-state index contributed by atoms with van der Waals surface area (Å²) in [5.41, 5.74) is 11.5. The molecule has 4 aliphatic carbocycles. The molecule has 0 aromatic heterocycles. The summed E-state index contributed by atoms with van der Waals surface area (Å²) in [6.45, 7) is 5.83. The van der Waals surface area contributed by atoms with Gasteiger partial charge >= 0.3 is 0 Å². The van der Waals surface area contributed by atoms with E-state index in [1.165, 1.54) is 34.4 Å². The summed E-state index contributed by atoms with van der Waals surface area (Å²) in [7, 11) is 2.09. The van der Waals surface area contributed by atoms with E-state index in [4.69, 9.17) is 10.5 Å². The van der Waals surface area contributed by atoms with Crippen molar-refractivity contribution in [1.82, 2.24) is 0 Å². The van der Waals surface area contributed by atoms with Gasteiger partial charge in [-0.15, -0.1) is 5.92 Å². The Morgan fingerprint density at radius 1 is 1.13 bits per heavy atom. The third-order valence-corrected chi connectivity index (χ3v) is 11.3. The van der Waals surface area contributed by atoms with Gasteiger partial charge in [-0.25, -0.2) is 0 Å². The Labute approximate surface area is 272 Å². The van der Waals surface area contributed by atoms with E-state index < -0.39 is 11.5 Å². The topological polar surface area (TPSA) is 113 Å². The lowest BCUT2D eigenvalue weighted by molar-refractivity contribution is -0.114. The van der Waals surface area contributed by atoms with Crippen molar-refractivity contribution in [3.8, 4) is 17.6 Å². The van der Waals surface area contributed by atoms with Crippen LogP contribution in [0.2, 0.25) is 0 Å². The number of aromatic hydroxyl groups is 1. The lowest BCUT2D eigenvalue weighted by Crippen LogP contribution is -2.51. The normalized spacial score (nSPS) is 28.4. The van der Waals surface area contributed by atoms with Crippen LogP contribution in [-0.2, 0) is 16.1 Å². The van der Waals surface area contributed by atoms with Crippen LogP contribution in [0.25, 0.3) is 0 Å². The smallest absolute Gasteiger partial charge is 0.252 e. The largest absolute Gasteiger partial charge is 0.507 e. The third-order valence-electron chi connectivity index (χ3n) is 11.3. The number of nitrogens with zero attached hydrogens (tertiary/aromatic N) is 1. The number of carbonyl (C=O) groups is 2. The molecule has 2 aromatic rings. The van der Waals surface area contributed by atoms with Crippen molar-refractivity contribution in [2.45, 2.75) is 83.3 Å². The number of ether oxygens (including phenoxy) is 1. The number of phenols is 1. The first-order valence-corrected chi connectivity index (χ1v) is 16.7. The van der Waals surface area contributed by atoms with Crippen LogP contribution in [0.1, 0.15) is 92.6 Å². The molecule has 0 heterocycles. The fraction of sp³-hybridized carbons (Fsp3) is 0.487. The van der Waals surface area contributed by atoms with Gasteiger partial charge in [0.25, 0.3) is 5.91 Å². The summed E-state index contributed by atoms with van der Waals surface area (Å²) in [5.74, 6) is 6.74. The Kier molecular flexibility index (Phi) is 8.89. The van der Waals surface area contributed by atoms with Gasteiger partial charge in [0.2, 0.25) is 0 Å². The molecule has 7 nitrogen and oxygen atoms in total. The molecule has 0 bridgehead atoms. The predicted molar refractivity (Wildman–Crippen MR) is 179 cm³/mol. The lowest BCUT2D eigenvalue weighted by Gasteiger charge is -2.53. The van der Waals surface area contributed by atoms with Crippen molar-refractivity contribution >= 4 is 17.4 Å². The Balaban J connectivity index is 1.16. The predicted octanol–water partition coefficient (Wildman–Crippen LogP) is 6.19. The van der Waals surface area contributed by atoms with E-state index in [1.807, 2.05) is 13.0 Å². The molecule has 7 heteroatoms. The minimum atomic E-state index is -0.977. The molecule has 0 saturated heterocycles. The second kappa shape index (κ2) is 12.7. The van der Waals surface area contributed by atoms with Gasteiger partial charge in [-0.2, -0.15) is 0 Å². The average molecular weight is 623 g/mol. The van der Waals surface area contributed by atoms with E-state index >= 15 is 0 Å². The Hall–Kier alpha value is -3.86. The molecular weight excluding hydrogens is 576 g/mol. The highest BCUT2D eigenvalue weighted by Gasteiger charge is 2.62. The zero-order chi connectivity index (χ0) is 32.6. The monoisotopic (exact) mass is 622 g/mol. The molecule has 0 spiro atoms.